The molecule has 0 saturated carbocycles. The van der Waals surface area contributed by atoms with Gasteiger partial charge in [0, 0.05) is 41.8 Å². The first-order valence-corrected chi connectivity index (χ1v) is 13.3. The van der Waals surface area contributed by atoms with Crippen LogP contribution in [0.2, 0.25) is 0 Å². The van der Waals surface area contributed by atoms with Crippen molar-refractivity contribution in [3.63, 3.8) is 0 Å². The Morgan fingerprint density at radius 3 is 2.54 bits per heavy atom. The molecule has 0 spiro atoms. The fourth-order valence-electron chi connectivity index (χ4n) is 5.41. The Labute approximate surface area is 243 Å². The number of aromatic amines is 1. The summed E-state index contributed by atoms with van der Waals surface area (Å²) >= 11 is 0. The molecule has 212 valence electrons. The highest BCUT2D eigenvalue weighted by Gasteiger charge is 2.27. The van der Waals surface area contributed by atoms with Gasteiger partial charge in [0.05, 0.1) is 49.4 Å². The first-order chi connectivity index (χ1) is 19.5. The molecule has 0 unspecified atom stereocenters. The number of nitrogens with one attached hydrogen (secondary N) is 1. The first kappa shape index (κ1) is 28.4. The summed E-state index contributed by atoms with van der Waals surface area (Å²) < 4.78 is 10.2. The maximum absolute atomic E-state index is 13.1. The first-order valence-electron chi connectivity index (χ1n) is 13.3. The van der Waals surface area contributed by atoms with Crippen molar-refractivity contribution in [2.45, 2.75) is 6.42 Å². The number of anilines is 1. The Balaban J connectivity index is 0.00000337. The lowest BCUT2D eigenvalue weighted by molar-refractivity contribution is -0.120. The summed E-state index contributed by atoms with van der Waals surface area (Å²) in [6.45, 7) is 3.89. The highest BCUT2D eigenvalue weighted by Crippen LogP contribution is 2.35. The van der Waals surface area contributed by atoms with Crippen LogP contribution in [0.4, 0.5) is 11.4 Å². The van der Waals surface area contributed by atoms with Crippen molar-refractivity contribution in [2.24, 2.45) is 4.99 Å². The molecular formula is C31H31ClN4O5. The van der Waals surface area contributed by atoms with Crippen LogP contribution in [0.15, 0.2) is 71.7 Å². The smallest absolute Gasteiger partial charge is 0.337 e. The number of carbonyl (C=O) groups excluding carboxylic acids is 2. The molecule has 0 radical (unpaired) electrons. The third kappa shape index (κ3) is 5.69. The zero-order valence-electron chi connectivity index (χ0n) is 22.6. The molecule has 4 aromatic rings. The number of fused-ring (bicyclic) bond motifs is 2. The summed E-state index contributed by atoms with van der Waals surface area (Å²) in [5.74, 6) is -0.400. The standard InChI is InChI=1S/C31H30N4O5.ClH/c1-39-31(38)22-7-9-24-25(18-22)33-30(37)28(24)29(20-5-3-2-4-6-20)32-23-8-10-26-21(17-23)11-12-35(26)27(36)19-34-13-15-40-16-14-34;/h2-10,17-18,33,37H,11-16,19H2,1H3;1H. The number of hydrogen-bond acceptors (Lipinski definition) is 7. The molecule has 3 heterocycles. The maximum atomic E-state index is 13.1. The molecule has 10 heteroatoms. The number of halogens is 1. The van der Waals surface area contributed by atoms with Gasteiger partial charge in [0.1, 0.15) is 0 Å². The number of benzene rings is 3. The predicted molar refractivity (Wildman–Crippen MR) is 160 cm³/mol. The molecule has 0 aliphatic carbocycles. The molecule has 9 nitrogen and oxygen atoms in total. The number of amides is 1. The fourth-order valence-corrected chi connectivity index (χ4v) is 5.41. The van der Waals surface area contributed by atoms with Crippen LogP contribution in [0, 0.1) is 0 Å². The molecule has 0 atom stereocenters. The zero-order chi connectivity index (χ0) is 27.6. The maximum Gasteiger partial charge on any atom is 0.337 e. The number of carbonyl (C=O) groups is 2. The summed E-state index contributed by atoms with van der Waals surface area (Å²) in [7, 11) is 1.33. The normalized spacial score (nSPS) is 15.4. The number of rotatable bonds is 6. The van der Waals surface area contributed by atoms with Crippen LogP contribution in [0.25, 0.3) is 10.9 Å². The number of morpholine rings is 1. The van der Waals surface area contributed by atoms with Crippen LogP contribution in [-0.4, -0.2) is 79.1 Å². The Morgan fingerprint density at radius 1 is 1.00 bits per heavy atom. The van der Waals surface area contributed by atoms with E-state index in [2.05, 4.69) is 9.88 Å². The third-order valence-corrected chi connectivity index (χ3v) is 7.45. The van der Waals surface area contributed by atoms with E-state index in [1.807, 2.05) is 53.4 Å². The average molecular weight is 575 g/mol. The zero-order valence-corrected chi connectivity index (χ0v) is 23.4. The van der Waals surface area contributed by atoms with Crippen LogP contribution in [0.5, 0.6) is 5.88 Å². The van der Waals surface area contributed by atoms with Gasteiger partial charge in [-0.15, -0.1) is 12.4 Å². The molecule has 1 aromatic heterocycles. The van der Waals surface area contributed by atoms with Gasteiger partial charge in [-0.3, -0.25) is 9.69 Å². The predicted octanol–water partition coefficient (Wildman–Crippen LogP) is 4.47. The van der Waals surface area contributed by atoms with E-state index in [4.69, 9.17) is 14.5 Å². The van der Waals surface area contributed by atoms with Gasteiger partial charge in [-0.2, -0.15) is 0 Å². The number of esters is 1. The van der Waals surface area contributed by atoms with E-state index in [0.717, 1.165) is 47.4 Å². The molecule has 1 fully saturated rings. The van der Waals surface area contributed by atoms with Crippen LogP contribution in [0.3, 0.4) is 0 Å². The second-order valence-corrected chi connectivity index (χ2v) is 9.92. The van der Waals surface area contributed by atoms with Gasteiger partial charge in [-0.05, 0) is 42.3 Å². The van der Waals surface area contributed by atoms with Gasteiger partial charge in [0.2, 0.25) is 5.91 Å². The van der Waals surface area contributed by atoms with E-state index in [0.29, 0.717) is 48.7 Å². The molecule has 2 aliphatic rings. The average Bonchev–Trinajstić information content (AvgIpc) is 3.56. The lowest BCUT2D eigenvalue weighted by Crippen LogP contribution is -2.44. The van der Waals surface area contributed by atoms with Gasteiger partial charge < -0.3 is 24.5 Å². The van der Waals surface area contributed by atoms with E-state index in [1.54, 1.807) is 18.2 Å². The van der Waals surface area contributed by atoms with E-state index in [9.17, 15) is 14.7 Å². The number of hydrogen-bond donors (Lipinski definition) is 2. The highest BCUT2D eigenvalue weighted by atomic mass is 35.5. The van der Waals surface area contributed by atoms with Gasteiger partial charge in [0.15, 0.2) is 5.88 Å². The SMILES string of the molecule is COC(=O)c1ccc2c(C(=Nc3ccc4c(c3)CCN4C(=O)CN3CCOCC3)c3ccccc3)c(O)[nH]c2c1.Cl. The van der Waals surface area contributed by atoms with Crippen molar-refractivity contribution in [3.05, 3.63) is 89.0 Å². The minimum atomic E-state index is -0.454. The molecule has 1 amide bonds. The molecule has 41 heavy (non-hydrogen) atoms. The van der Waals surface area contributed by atoms with Crippen LogP contribution < -0.4 is 4.90 Å². The summed E-state index contributed by atoms with van der Waals surface area (Å²) in [5.41, 5.74) is 5.65. The monoisotopic (exact) mass is 574 g/mol. The minimum Gasteiger partial charge on any atom is -0.494 e. The Kier molecular flexibility index (Phi) is 8.39. The van der Waals surface area contributed by atoms with Crippen molar-refractivity contribution in [1.29, 1.82) is 0 Å². The van der Waals surface area contributed by atoms with Crippen molar-refractivity contribution in [2.75, 3.05) is 51.4 Å². The number of aromatic nitrogens is 1. The quantitative estimate of drug-likeness (QED) is 0.260. The van der Waals surface area contributed by atoms with Crippen LogP contribution >= 0.6 is 12.4 Å². The molecule has 2 N–H and O–H groups in total. The number of methoxy groups -OCH3 is 1. The third-order valence-electron chi connectivity index (χ3n) is 7.45. The molecule has 1 saturated heterocycles. The van der Waals surface area contributed by atoms with Gasteiger partial charge in [-0.25, -0.2) is 9.79 Å². The number of nitrogens with zero attached hydrogens (tertiary/aromatic N) is 3. The largest absolute Gasteiger partial charge is 0.494 e. The molecular weight excluding hydrogens is 544 g/mol. The highest BCUT2D eigenvalue weighted by molar-refractivity contribution is 6.22. The second-order valence-electron chi connectivity index (χ2n) is 9.92. The van der Waals surface area contributed by atoms with Crippen molar-refractivity contribution in [1.82, 2.24) is 9.88 Å². The van der Waals surface area contributed by atoms with E-state index in [1.165, 1.54) is 7.11 Å². The van der Waals surface area contributed by atoms with E-state index >= 15 is 0 Å². The van der Waals surface area contributed by atoms with Crippen LogP contribution in [-0.2, 0) is 20.7 Å². The van der Waals surface area contributed by atoms with Crippen LogP contribution in [0.1, 0.15) is 27.0 Å². The minimum absolute atomic E-state index is 0. The Hall–Kier alpha value is -4.18. The number of H-pyrrole nitrogens is 1. The lowest BCUT2D eigenvalue weighted by Gasteiger charge is -2.28. The van der Waals surface area contributed by atoms with E-state index in [-0.39, 0.29) is 24.2 Å². The summed E-state index contributed by atoms with van der Waals surface area (Å²) in [6, 6.07) is 20.7. The number of ether oxygens (including phenoxy) is 2. The lowest BCUT2D eigenvalue weighted by atomic mass is 10.00. The molecule has 2 aliphatic heterocycles. The van der Waals surface area contributed by atoms with Crippen molar-refractivity contribution >= 4 is 52.3 Å². The van der Waals surface area contributed by atoms with Gasteiger partial charge in [-0.1, -0.05) is 36.4 Å². The van der Waals surface area contributed by atoms with Gasteiger partial charge in [0.25, 0.3) is 0 Å². The molecule has 3 aromatic carbocycles. The molecule has 6 rings (SSSR count). The number of aliphatic imine (C=N–C) groups is 1. The number of aromatic hydroxyl groups is 1. The summed E-state index contributed by atoms with van der Waals surface area (Å²) in [6.07, 6.45) is 0.753. The molecule has 0 bridgehead atoms. The van der Waals surface area contributed by atoms with Crippen molar-refractivity contribution < 1.29 is 24.2 Å². The summed E-state index contributed by atoms with van der Waals surface area (Å²) in [4.78, 5) is 37.1. The fraction of sp³-hybridized carbons (Fsp3) is 0.258. The Morgan fingerprint density at radius 2 is 1.78 bits per heavy atom. The second kappa shape index (κ2) is 12.1. The van der Waals surface area contributed by atoms with Crippen molar-refractivity contribution in [3.8, 4) is 5.88 Å². The van der Waals surface area contributed by atoms with Gasteiger partial charge >= 0.3 is 5.97 Å². The Bertz CT molecular complexity index is 1610. The van der Waals surface area contributed by atoms with E-state index < -0.39 is 5.97 Å². The topological polar surface area (TPSA) is 107 Å². The summed E-state index contributed by atoms with van der Waals surface area (Å²) in [5, 5.41) is 11.7.